The molecule has 6 atom stereocenters. The highest BCUT2D eigenvalue weighted by molar-refractivity contribution is 5.66. The number of hydrogen-bond donors (Lipinski definition) is 1. The number of esters is 1. The van der Waals surface area contributed by atoms with Gasteiger partial charge in [-0.15, -0.1) is 0 Å². The van der Waals surface area contributed by atoms with Crippen molar-refractivity contribution in [3.05, 3.63) is 11.1 Å². The lowest BCUT2D eigenvalue weighted by Gasteiger charge is -2.59. The van der Waals surface area contributed by atoms with Crippen molar-refractivity contribution < 1.29 is 29.1 Å². The first-order valence-corrected chi connectivity index (χ1v) is 13.0. The molecule has 6 nitrogen and oxygen atoms in total. The van der Waals surface area contributed by atoms with E-state index < -0.39 is 11.4 Å². The van der Waals surface area contributed by atoms with Crippen LogP contribution in [0.3, 0.4) is 0 Å². The molecule has 1 heterocycles. The van der Waals surface area contributed by atoms with E-state index in [1.54, 1.807) is 5.57 Å². The lowest BCUT2D eigenvalue weighted by molar-refractivity contribution is -0.312. The van der Waals surface area contributed by atoms with Gasteiger partial charge >= 0.3 is 5.97 Å². The smallest absolute Gasteiger partial charge is 0.302 e. The Hall–Kier alpha value is -0.950. The Morgan fingerprint density at radius 3 is 2.52 bits per heavy atom. The van der Waals surface area contributed by atoms with E-state index in [-0.39, 0.29) is 22.9 Å². The van der Waals surface area contributed by atoms with Gasteiger partial charge in [0.1, 0.15) is 11.7 Å². The molecule has 0 radical (unpaired) electrons. The van der Waals surface area contributed by atoms with Crippen molar-refractivity contribution in [3.63, 3.8) is 0 Å². The second kappa shape index (κ2) is 8.04. The highest BCUT2D eigenvalue weighted by atomic mass is 17.1. The summed E-state index contributed by atoms with van der Waals surface area (Å²) in [5.74, 6) is 0.959. The minimum Gasteiger partial charge on any atom is -0.463 e. The van der Waals surface area contributed by atoms with Crippen LogP contribution in [0.1, 0.15) is 92.4 Å². The monoisotopic (exact) mass is 462 g/mol. The van der Waals surface area contributed by atoms with Gasteiger partial charge in [-0.2, -0.15) is 0 Å². The molecule has 6 unspecified atom stereocenters. The van der Waals surface area contributed by atoms with Crippen LogP contribution in [0, 0.1) is 28.6 Å². The zero-order chi connectivity index (χ0) is 23.6. The average molecular weight is 463 g/mol. The van der Waals surface area contributed by atoms with E-state index in [4.69, 9.17) is 19.1 Å². The van der Waals surface area contributed by atoms with Crippen LogP contribution in [0.4, 0.5) is 0 Å². The summed E-state index contributed by atoms with van der Waals surface area (Å²) in [6.07, 6.45) is 9.09. The summed E-state index contributed by atoms with van der Waals surface area (Å²) in [7, 11) is 0. The maximum atomic E-state index is 11.6. The Morgan fingerprint density at radius 2 is 1.85 bits per heavy atom. The fourth-order valence-electron chi connectivity index (χ4n) is 8.82. The summed E-state index contributed by atoms with van der Waals surface area (Å²) >= 11 is 0. The summed E-state index contributed by atoms with van der Waals surface area (Å²) in [6, 6.07) is 0. The van der Waals surface area contributed by atoms with Crippen molar-refractivity contribution in [1.82, 2.24) is 0 Å². The Bertz CT molecular complexity index is 826. The van der Waals surface area contributed by atoms with Crippen LogP contribution in [0.15, 0.2) is 11.1 Å². The Labute approximate surface area is 198 Å². The van der Waals surface area contributed by atoms with Crippen LogP contribution in [-0.2, 0) is 23.9 Å². The fourth-order valence-corrected chi connectivity index (χ4v) is 8.82. The fraction of sp³-hybridized carbons (Fsp3) is 0.889. The molecule has 1 saturated heterocycles. The second-order valence-electron chi connectivity index (χ2n) is 12.5. The van der Waals surface area contributed by atoms with E-state index in [9.17, 15) is 10.1 Å². The number of allylic oxidation sites excluding steroid dienone is 1. The summed E-state index contributed by atoms with van der Waals surface area (Å²) in [4.78, 5) is 16.6. The summed E-state index contributed by atoms with van der Waals surface area (Å²) in [5.41, 5.74) is 2.47. The van der Waals surface area contributed by atoms with Gasteiger partial charge in [0.15, 0.2) is 5.79 Å². The summed E-state index contributed by atoms with van der Waals surface area (Å²) in [5, 5.41) is 9.67. The number of carbonyl (C=O) groups is 1. The normalized spacial score (nSPS) is 42.1. The average Bonchev–Trinajstić information content (AvgIpc) is 3.33. The van der Waals surface area contributed by atoms with Crippen molar-refractivity contribution >= 4 is 5.97 Å². The molecule has 5 aliphatic rings. The molecule has 5 rings (SSSR count). The molecule has 186 valence electrons. The van der Waals surface area contributed by atoms with E-state index in [0.29, 0.717) is 37.4 Å². The largest absolute Gasteiger partial charge is 0.463 e. The SMILES string of the molecule is CC(=O)OC1CCC2(C)C3=C(CC(C)(C)OO)CC4(C)C(CCC45OCCO5)C3CCC2C1. The third-order valence-corrected chi connectivity index (χ3v) is 10.1. The van der Waals surface area contributed by atoms with E-state index in [1.807, 2.05) is 13.8 Å². The van der Waals surface area contributed by atoms with E-state index in [1.165, 1.54) is 25.3 Å². The topological polar surface area (TPSA) is 74.2 Å². The Kier molecular flexibility index (Phi) is 5.79. The number of ether oxygens (including phenoxy) is 3. The van der Waals surface area contributed by atoms with E-state index in [0.717, 1.165) is 38.5 Å². The number of rotatable bonds is 4. The molecule has 6 heteroatoms. The lowest BCUT2D eigenvalue weighted by atomic mass is 9.47. The molecular formula is C27H42O6. The molecule has 1 N–H and O–H groups in total. The molecule has 1 spiro atoms. The van der Waals surface area contributed by atoms with Crippen molar-refractivity contribution in [3.8, 4) is 0 Å². The van der Waals surface area contributed by atoms with Crippen molar-refractivity contribution in [2.45, 2.75) is 110 Å². The molecule has 4 fully saturated rings. The third kappa shape index (κ3) is 3.62. The minimum absolute atomic E-state index is 0.0438. The second-order valence-corrected chi connectivity index (χ2v) is 12.5. The zero-order valence-electron chi connectivity index (χ0n) is 21.1. The molecular weight excluding hydrogens is 420 g/mol. The van der Waals surface area contributed by atoms with Crippen LogP contribution < -0.4 is 0 Å². The van der Waals surface area contributed by atoms with Crippen LogP contribution >= 0.6 is 0 Å². The first-order chi connectivity index (χ1) is 15.5. The molecule has 3 saturated carbocycles. The standard InChI is InChI=1S/C27H42O6/c1-17(28)32-20-8-10-25(4)19(14-20)6-7-21-22-9-11-27(30-12-13-31-27)26(22,5)16-18(23(21)25)15-24(2,3)33-29/h19-22,29H,6-16H2,1-5H3. The van der Waals surface area contributed by atoms with Crippen LogP contribution in [0.2, 0.25) is 0 Å². The van der Waals surface area contributed by atoms with Gasteiger partial charge < -0.3 is 14.2 Å². The Morgan fingerprint density at radius 1 is 1.12 bits per heavy atom. The number of carbonyl (C=O) groups excluding carboxylic acids is 1. The molecule has 1 aliphatic heterocycles. The molecule has 0 aromatic rings. The van der Waals surface area contributed by atoms with E-state index in [2.05, 4.69) is 13.8 Å². The van der Waals surface area contributed by atoms with Gasteiger partial charge in [0.2, 0.25) is 0 Å². The van der Waals surface area contributed by atoms with Gasteiger partial charge in [0.25, 0.3) is 0 Å². The van der Waals surface area contributed by atoms with Crippen LogP contribution in [-0.4, -0.2) is 41.9 Å². The molecule has 0 aromatic carbocycles. The maximum Gasteiger partial charge on any atom is 0.302 e. The van der Waals surface area contributed by atoms with Gasteiger partial charge in [-0.1, -0.05) is 25.0 Å². The lowest BCUT2D eigenvalue weighted by Crippen LogP contribution is -2.54. The van der Waals surface area contributed by atoms with Crippen molar-refractivity contribution in [2.75, 3.05) is 13.2 Å². The summed E-state index contributed by atoms with van der Waals surface area (Å²) in [6.45, 7) is 11.7. The van der Waals surface area contributed by atoms with Crippen molar-refractivity contribution in [2.24, 2.45) is 28.6 Å². The molecule has 4 aliphatic carbocycles. The Balaban J connectivity index is 1.56. The first kappa shape index (κ1) is 23.8. The minimum atomic E-state index is -0.641. The molecule has 0 aromatic heterocycles. The van der Waals surface area contributed by atoms with Crippen LogP contribution in [0.25, 0.3) is 0 Å². The number of fused-ring (bicyclic) bond motifs is 6. The van der Waals surface area contributed by atoms with Gasteiger partial charge in [-0.3, -0.25) is 10.1 Å². The predicted octanol–water partition coefficient (Wildman–Crippen LogP) is 5.65. The number of hydrogen-bond acceptors (Lipinski definition) is 6. The first-order valence-electron chi connectivity index (χ1n) is 13.0. The molecule has 0 amide bonds. The summed E-state index contributed by atoms with van der Waals surface area (Å²) < 4.78 is 18.4. The van der Waals surface area contributed by atoms with Gasteiger partial charge in [-0.05, 0) is 82.0 Å². The van der Waals surface area contributed by atoms with Crippen molar-refractivity contribution in [1.29, 1.82) is 0 Å². The zero-order valence-corrected chi connectivity index (χ0v) is 21.1. The van der Waals surface area contributed by atoms with Gasteiger partial charge in [0.05, 0.1) is 13.2 Å². The van der Waals surface area contributed by atoms with Crippen LogP contribution in [0.5, 0.6) is 0 Å². The quantitative estimate of drug-likeness (QED) is 0.252. The van der Waals surface area contributed by atoms with E-state index >= 15 is 0 Å². The third-order valence-electron chi connectivity index (χ3n) is 10.1. The van der Waals surface area contributed by atoms with Gasteiger partial charge in [0, 0.05) is 25.2 Å². The molecule has 0 bridgehead atoms. The maximum absolute atomic E-state index is 11.6. The van der Waals surface area contributed by atoms with Gasteiger partial charge in [-0.25, -0.2) is 4.89 Å². The highest BCUT2D eigenvalue weighted by Crippen LogP contribution is 2.69. The predicted molar refractivity (Wildman–Crippen MR) is 123 cm³/mol. The highest BCUT2D eigenvalue weighted by Gasteiger charge is 2.66. The molecule has 33 heavy (non-hydrogen) atoms.